The van der Waals surface area contributed by atoms with Gasteiger partial charge in [0, 0.05) is 6.07 Å². The van der Waals surface area contributed by atoms with Gasteiger partial charge in [0.15, 0.2) is 0 Å². The molecular formula is C10H11F2NO3. The van der Waals surface area contributed by atoms with E-state index in [2.05, 4.69) is 4.74 Å². The molecule has 0 heterocycles. The van der Waals surface area contributed by atoms with Crippen LogP contribution in [0.4, 0.5) is 14.5 Å². The van der Waals surface area contributed by atoms with Gasteiger partial charge in [0.25, 0.3) is 0 Å². The molecule has 0 aliphatic rings. The van der Waals surface area contributed by atoms with Crippen molar-refractivity contribution in [3.8, 4) is 0 Å². The zero-order valence-corrected chi connectivity index (χ0v) is 8.54. The maximum atomic E-state index is 13.1. The number of nitrogen functional groups attached to an aromatic ring is 1. The SMILES string of the molecule is CC(O)COC(=O)c1cc(N)c(F)cc1F. The molecule has 0 fully saturated rings. The highest BCUT2D eigenvalue weighted by Crippen LogP contribution is 2.17. The van der Waals surface area contributed by atoms with Crippen molar-refractivity contribution in [3.63, 3.8) is 0 Å². The van der Waals surface area contributed by atoms with E-state index in [0.29, 0.717) is 6.07 Å². The van der Waals surface area contributed by atoms with Gasteiger partial charge in [-0.2, -0.15) is 0 Å². The van der Waals surface area contributed by atoms with Gasteiger partial charge >= 0.3 is 5.97 Å². The van der Waals surface area contributed by atoms with Crippen molar-refractivity contribution in [2.75, 3.05) is 12.3 Å². The smallest absolute Gasteiger partial charge is 0.341 e. The molecule has 1 atom stereocenters. The average Bonchev–Trinajstić information content (AvgIpc) is 2.20. The van der Waals surface area contributed by atoms with Crippen LogP contribution in [0.5, 0.6) is 0 Å². The van der Waals surface area contributed by atoms with Gasteiger partial charge in [0.05, 0.1) is 17.4 Å². The Balaban J connectivity index is 2.87. The summed E-state index contributed by atoms with van der Waals surface area (Å²) in [5.74, 6) is -2.99. The van der Waals surface area contributed by atoms with Crippen LogP contribution >= 0.6 is 0 Å². The minimum Gasteiger partial charge on any atom is -0.459 e. The van der Waals surface area contributed by atoms with Gasteiger partial charge in [-0.15, -0.1) is 0 Å². The van der Waals surface area contributed by atoms with Crippen LogP contribution in [0.1, 0.15) is 17.3 Å². The Kier molecular flexibility index (Phi) is 3.78. The molecule has 0 aliphatic heterocycles. The summed E-state index contributed by atoms with van der Waals surface area (Å²) in [5.41, 5.74) is 4.38. The van der Waals surface area contributed by atoms with Gasteiger partial charge in [0.2, 0.25) is 0 Å². The molecule has 1 aromatic carbocycles. The fourth-order valence-corrected chi connectivity index (χ4v) is 0.996. The molecule has 88 valence electrons. The Morgan fingerprint density at radius 1 is 1.50 bits per heavy atom. The maximum Gasteiger partial charge on any atom is 0.341 e. The highest BCUT2D eigenvalue weighted by atomic mass is 19.1. The Hall–Kier alpha value is -1.69. The van der Waals surface area contributed by atoms with Crippen molar-refractivity contribution in [1.82, 2.24) is 0 Å². The fraction of sp³-hybridized carbons (Fsp3) is 0.300. The van der Waals surface area contributed by atoms with E-state index in [0.717, 1.165) is 6.07 Å². The first-order chi connectivity index (χ1) is 7.41. The van der Waals surface area contributed by atoms with Crippen molar-refractivity contribution in [2.45, 2.75) is 13.0 Å². The maximum absolute atomic E-state index is 13.1. The number of carbonyl (C=O) groups is 1. The highest BCUT2D eigenvalue weighted by molar-refractivity contribution is 5.90. The van der Waals surface area contributed by atoms with E-state index in [1.165, 1.54) is 6.92 Å². The third-order valence-electron chi connectivity index (χ3n) is 1.76. The summed E-state index contributed by atoms with van der Waals surface area (Å²) < 4.78 is 30.5. The van der Waals surface area contributed by atoms with E-state index in [1.54, 1.807) is 0 Å². The van der Waals surface area contributed by atoms with E-state index in [9.17, 15) is 13.6 Å². The number of halogens is 2. The molecule has 1 unspecified atom stereocenters. The van der Waals surface area contributed by atoms with Crippen LogP contribution in [0.15, 0.2) is 12.1 Å². The third-order valence-corrected chi connectivity index (χ3v) is 1.76. The molecule has 4 nitrogen and oxygen atoms in total. The van der Waals surface area contributed by atoms with E-state index in [-0.39, 0.29) is 12.3 Å². The summed E-state index contributed by atoms with van der Waals surface area (Å²) in [4.78, 5) is 11.3. The molecule has 16 heavy (non-hydrogen) atoms. The van der Waals surface area contributed by atoms with Crippen LogP contribution in [-0.4, -0.2) is 23.8 Å². The van der Waals surface area contributed by atoms with Crippen LogP contribution in [0.2, 0.25) is 0 Å². The van der Waals surface area contributed by atoms with Gasteiger partial charge in [-0.3, -0.25) is 0 Å². The number of anilines is 1. The quantitative estimate of drug-likeness (QED) is 0.603. The number of esters is 1. The summed E-state index contributed by atoms with van der Waals surface area (Å²) in [5, 5.41) is 8.86. The minimum absolute atomic E-state index is 0.268. The van der Waals surface area contributed by atoms with E-state index >= 15 is 0 Å². The van der Waals surface area contributed by atoms with Gasteiger partial charge in [0.1, 0.15) is 18.2 Å². The van der Waals surface area contributed by atoms with E-state index < -0.39 is 29.3 Å². The second-order valence-electron chi connectivity index (χ2n) is 3.30. The predicted molar refractivity (Wildman–Crippen MR) is 52.7 cm³/mol. The number of aliphatic hydroxyl groups is 1. The number of aliphatic hydroxyl groups excluding tert-OH is 1. The number of nitrogens with two attached hydrogens (primary N) is 1. The Morgan fingerprint density at radius 3 is 2.69 bits per heavy atom. The second-order valence-corrected chi connectivity index (χ2v) is 3.30. The van der Waals surface area contributed by atoms with Gasteiger partial charge in [-0.1, -0.05) is 0 Å². The Morgan fingerprint density at radius 2 is 2.12 bits per heavy atom. The average molecular weight is 231 g/mol. The fourth-order valence-electron chi connectivity index (χ4n) is 0.996. The normalized spacial score (nSPS) is 12.2. The Bertz CT molecular complexity index is 407. The molecular weight excluding hydrogens is 220 g/mol. The summed E-state index contributed by atoms with van der Waals surface area (Å²) in [6, 6.07) is 1.36. The summed E-state index contributed by atoms with van der Waals surface area (Å²) in [6.45, 7) is 1.14. The molecule has 3 N–H and O–H groups in total. The molecule has 0 aliphatic carbocycles. The molecule has 0 bridgehead atoms. The lowest BCUT2D eigenvalue weighted by molar-refractivity contribution is 0.0291. The topological polar surface area (TPSA) is 72.5 Å². The number of ether oxygens (including phenoxy) is 1. The molecule has 0 aromatic heterocycles. The lowest BCUT2D eigenvalue weighted by atomic mass is 10.2. The molecule has 1 rings (SSSR count). The molecule has 0 radical (unpaired) electrons. The lowest BCUT2D eigenvalue weighted by Gasteiger charge is -2.08. The molecule has 0 spiro atoms. The number of benzene rings is 1. The van der Waals surface area contributed by atoms with Crippen molar-refractivity contribution in [3.05, 3.63) is 29.3 Å². The van der Waals surface area contributed by atoms with Crippen molar-refractivity contribution in [2.24, 2.45) is 0 Å². The largest absolute Gasteiger partial charge is 0.459 e. The van der Waals surface area contributed by atoms with Crippen LogP contribution in [-0.2, 0) is 4.74 Å². The van der Waals surface area contributed by atoms with Gasteiger partial charge in [-0.25, -0.2) is 13.6 Å². The van der Waals surface area contributed by atoms with E-state index in [1.807, 2.05) is 0 Å². The number of rotatable bonds is 3. The second kappa shape index (κ2) is 4.89. The molecule has 0 saturated heterocycles. The number of hydrogen-bond donors (Lipinski definition) is 2. The van der Waals surface area contributed by atoms with Crippen LogP contribution < -0.4 is 5.73 Å². The number of hydrogen-bond acceptors (Lipinski definition) is 4. The first-order valence-corrected chi connectivity index (χ1v) is 4.51. The first kappa shape index (κ1) is 12.4. The molecule has 0 saturated carbocycles. The van der Waals surface area contributed by atoms with Gasteiger partial charge < -0.3 is 15.6 Å². The monoisotopic (exact) mass is 231 g/mol. The first-order valence-electron chi connectivity index (χ1n) is 4.51. The predicted octanol–water partition coefficient (Wildman–Crippen LogP) is 1.08. The summed E-state index contributed by atoms with van der Waals surface area (Å²) in [7, 11) is 0. The lowest BCUT2D eigenvalue weighted by Crippen LogP contribution is -2.16. The van der Waals surface area contributed by atoms with Crippen LogP contribution in [0, 0.1) is 11.6 Å². The molecule has 6 heteroatoms. The van der Waals surface area contributed by atoms with Gasteiger partial charge in [-0.05, 0) is 13.0 Å². The third kappa shape index (κ3) is 2.90. The standard InChI is InChI=1S/C10H11F2NO3/c1-5(14)4-16-10(15)6-2-9(13)8(12)3-7(6)11/h2-3,5,14H,4,13H2,1H3. The van der Waals surface area contributed by atoms with Crippen LogP contribution in [0.3, 0.4) is 0 Å². The van der Waals surface area contributed by atoms with E-state index in [4.69, 9.17) is 10.8 Å². The van der Waals surface area contributed by atoms with Crippen molar-refractivity contribution in [1.29, 1.82) is 0 Å². The zero-order valence-electron chi connectivity index (χ0n) is 8.54. The Labute approximate surface area is 90.6 Å². The zero-order chi connectivity index (χ0) is 12.3. The minimum atomic E-state index is -1.05. The highest BCUT2D eigenvalue weighted by Gasteiger charge is 2.16. The van der Waals surface area contributed by atoms with Crippen LogP contribution in [0.25, 0.3) is 0 Å². The number of carbonyl (C=O) groups excluding carboxylic acids is 1. The molecule has 0 amide bonds. The van der Waals surface area contributed by atoms with Crippen molar-refractivity contribution >= 4 is 11.7 Å². The molecule has 1 aromatic rings. The summed E-state index contributed by atoms with van der Waals surface area (Å²) >= 11 is 0. The summed E-state index contributed by atoms with van der Waals surface area (Å²) in [6.07, 6.45) is -0.857. The van der Waals surface area contributed by atoms with Crippen molar-refractivity contribution < 1.29 is 23.4 Å².